The van der Waals surface area contributed by atoms with Gasteiger partial charge in [-0.2, -0.15) is 4.98 Å². The molecule has 0 aliphatic rings. The summed E-state index contributed by atoms with van der Waals surface area (Å²) in [6, 6.07) is 6.97. The lowest BCUT2D eigenvalue weighted by Crippen LogP contribution is -2.07. The molecule has 3 N–H and O–H groups in total. The Morgan fingerprint density at radius 3 is 2.75 bits per heavy atom. The van der Waals surface area contributed by atoms with Crippen molar-refractivity contribution in [2.45, 2.75) is 6.92 Å². The van der Waals surface area contributed by atoms with Crippen LogP contribution in [0.3, 0.4) is 0 Å². The molecule has 0 aliphatic carbocycles. The topological polar surface area (TPSA) is 99.4 Å². The number of amides is 1. The molecule has 2 rings (SSSR count). The van der Waals surface area contributed by atoms with Crippen LogP contribution in [0.15, 0.2) is 30.6 Å². The molecule has 0 fully saturated rings. The molecule has 0 bridgehead atoms. The third kappa shape index (κ3) is 2.94. The lowest BCUT2D eigenvalue weighted by molar-refractivity contribution is -0.114. The summed E-state index contributed by atoms with van der Waals surface area (Å²) in [5, 5.41) is 2.67. The maximum Gasteiger partial charge on any atom is 0.268 e. The number of rotatable bonds is 4. The van der Waals surface area contributed by atoms with Crippen LogP contribution in [0.2, 0.25) is 0 Å². The largest absolute Gasteiger partial charge is 0.489 e. The number of ether oxygens (including phenoxy) is 2. The first-order valence-corrected chi connectivity index (χ1v) is 5.80. The van der Waals surface area contributed by atoms with E-state index < -0.39 is 0 Å². The zero-order chi connectivity index (χ0) is 14.5. The minimum atomic E-state index is -0.199. The van der Waals surface area contributed by atoms with Gasteiger partial charge in [-0.25, -0.2) is 4.98 Å². The molecule has 1 heterocycles. The Hall–Kier alpha value is -2.83. The summed E-state index contributed by atoms with van der Waals surface area (Å²) in [6.45, 7) is 1.42. The second kappa shape index (κ2) is 5.87. The van der Waals surface area contributed by atoms with Gasteiger partial charge in [0.2, 0.25) is 11.7 Å². The van der Waals surface area contributed by atoms with Gasteiger partial charge in [0.15, 0.2) is 11.6 Å². The molecule has 0 aliphatic heterocycles. The van der Waals surface area contributed by atoms with Gasteiger partial charge >= 0.3 is 0 Å². The predicted molar refractivity (Wildman–Crippen MR) is 73.8 cm³/mol. The van der Waals surface area contributed by atoms with Gasteiger partial charge in [0.1, 0.15) is 6.33 Å². The first-order chi connectivity index (χ1) is 9.61. The number of nitrogen functional groups attached to an aromatic ring is 1. The maximum absolute atomic E-state index is 11.2. The molecule has 104 valence electrons. The molecule has 0 radical (unpaired) electrons. The normalized spacial score (nSPS) is 9.90. The van der Waals surface area contributed by atoms with Gasteiger partial charge in [0.05, 0.1) is 12.8 Å². The highest BCUT2D eigenvalue weighted by atomic mass is 16.5. The summed E-state index contributed by atoms with van der Waals surface area (Å²) >= 11 is 0. The van der Waals surface area contributed by atoms with E-state index in [9.17, 15) is 4.79 Å². The van der Waals surface area contributed by atoms with Crippen molar-refractivity contribution in [2.24, 2.45) is 0 Å². The van der Waals surface area contributed by atoms with Crippen molar-refractivity contribution in [3.05, 3.63) is 30.6 Å². The van der Waals surface area contributed by atoms with E-state index in [0.29, 0.717) is 11.4 Å². The summed E-state index contributed by atoms with van der Waals surface area (Å²) in [4.78, 5) is 18.9. The van der Waals surface area contributed by atoms with E-state index in [4.69, 9.17) is 15.2 Å². The van der Waals surface area contributed by atoms with Crippen molar-refractivity contribution < 1.29 is 14.3 Å². The minimum Gasteiger partial charge on any atom is -0.489 e. The molecular formula is C13H14N4O3. The molecule has 7 heteroatoms. The number of carbonyl (C=O) groups is 1. The highest BCUT2D eigenvalue weighted by Crippen LogP contribution is 2.35. The van der Waals surface area contributed by atoms with Gasteiger partial charge in [0.25, 0.3) is 5.88 Å². The van der Waals surface area contributed by atoms with Crippen molar-refractivity contribution in [3.8, 4) is 17.4 Å². The Bertz CT molecular complexity index is 631. The third-order valence-corrected chi connectivity index (χ3v) is 2.41. The SMILES string of the molecule is COc1c(N)ncnc1Oc1ccccc1NC(C)=O. The van der Waals surface area contributed by atoms with E-state index in [0.717, 1.165) is 0 Å². The van der Waals surface area contributed by atoms with Gasteiger partial charge in [-0.3, -0.25) is 4.79 Å². The Labute approximate surface area is 115 Å². The van der Waals surface area contributed by atoms with Crippen LogP contribution in [0.4, 0.5) is 11.5 Å². The highest BCUT2D eigenvalue weighted by molar-refractivity contribution is 5.90. The number of anilines is 2. The second-order valence-corrected chi connectivity index (χ2v) is 3.88. The van der Waals surface area contributed by atoms with Crippen molar-refractivity contribution in [1.82, 2.24) is 9.97 Å². The van der Waals surface area contributed by atoms with Gasteiger partial charge in [-0.15, -0.1) is 0 Å². The van der Waals surface area contributed by atoms with E-state index in [1.54, 1.807) is 24.3 Å². The molecular weight excluding hydrogens is 260 g/mol. The molecule has 0 atom stereocenters. The van der Waals surface area contributed by atoms with Crippen LogP contribution in [0.5, 0.6) is 17.4 Å². The molecule has 0 unspecified atom stereocenters. The van der Waals surface area contributed by atoms with Crippen LogP contribution in [0.1, 0.15) is 6.92 Å². The molecule has 0 saturated heterocycles. The lowest BCUT2D eigenvalue weighted by atomic mass is 10.3. The second-order valence-electron chi connectivity index (χ2n) is 3.88. The van der Waals surface area contributed by atoms with Gasteiger partial charge in [-0.05, 0) is 12.1 Å². The fraction of sp³-hybridized carbons (Fsp3) is 0.154. The number of methoxy groups -OCH3 is 1. The zero-order valence-electron chi connectivity index (χ0n) is 11.1. The molecule has 1 amide bonds. The predicted octanol–water partition coefficient (Wildman–Crippen LogP) is 1.82. The Kier molecular flexibility index (Phi) is 3.99. The fourth-order valence-corrected chi connectivity index (χ4v) is 1.59. The molecule has 1 aromatic carbocycles. The van der Waals surface area contributed by atoms with Crippen LogP contribution in [0.25, 0.3) is 0 Å². The molecule has 20 heavy (non-hydrogen) atoms. The molecule has 0 saturated carbocycles. The number of benzene rings is 1. The lowest BCUT2D eigenvalue weighted by Gasteiger charge is -2.13. The first kappa shape index (κ1) is 13.6. The van der Waals surface area contributed by atoms with Gasteiger partial charge in [-0.1, -0.05) is 12.1 Å². The van der Waals surface area contributed by atoms with Crippen LogP contribution in [-0.4, -0.2) is 23.0 Å². The van der Waals surface area contributed by atoms with E-state index in [2.05, 4.69) is 15.3 Å². The van der Waals surface area contributed by atoms with Crippen LogP contribution in [-0.2, 0) is 4.79 Å². The van der Waals surface area contributed by atoms with E-state index in [-0.39, 0.29) is 23.4 Å². The third-order valence-electron chi connectivity index (χ3n) is 2.41. The number of para-hydroxylation sites is 2. The summed E-state index contributed by atoms with van der Waals surface area (Å²) in [5.74, 6) is 0.826. The first-order valence-electron chi connectivity index (χ1n) is 5.80. The van der Waals surface area contributed by atoms with Crippen LogP contribution >= 0.6 is 0 Å². The number of nitrogens with one attached hydrogen (secondary N) is 1. The van der Waals surface area contributed by atoms with E-state index in [1.165, 1.54) is 20.4 Å². The van der Waals surface area contributed by atoms with Crippen LogP contribution < -0.4 is 20.5 Å². The molecule has 1 aromatic heterocycles. The zero-order valence-corrected chi connectivity index (χ0v) is 11.1. The minimum absolute atomic E-state index is 0.175. The number of nitrogens with two attached hydrogens (primary N) is 1. The molecule has 0 spiro atoms. The van der Waals surface area contributed by atoms with Crippen molar-refractivity contribution >= 4 is 17.4 Å². The van der Waals surface area contributed by atoms with Crippen molar-refractivity contribution in [1.29, 1.82) is 0 Å². The summed E-state index contributed by atoms with van der Waals surface area (Å²) in [6.07, 6.45) is 1.27. The Morgan fingerprint density at radius 1 is 1.30 bits per heavy atom. The number of hydrogen-bond donors (Lipinski definition) is 2. The van der Waals surface area contributed by atoms with Gasteiger partial charge in [0, 0.05) is 6.92 Å². The quantitative estimate of drug-likeness (QED) is 0.882. The smallest absolute Gasteiger partial charge is 0.268 e. The number of aromatic nitrogens is 2. The van der Waals surface area contributed by atoms with Crippen LogP contribution in [0, 0.1) is 0 Å². The highest BCUT2D eigenvalue weighted by Gasteiger charge is 2.14. The standard InChI is InChI=1S/C13H14N4O3/c1-8(18)17-9-5-3-4-6-10(9)20-13-11(19-2)12(14)15-7-16-13/h3-7H,1-2H3,(H,17,18)(H2,14,15,16). The summed E-state index contributed by atoms with van der Waals surface area (Å²) in [5.41, 5.74) is 6.21. The Morgan fingerprint density at radius 2 is 2.05 bits per heavy atom. The molecule has 2 aromatic rings. The van der Waals surface area contributed by atoms with E-state index >= 15 is 0 Å². The Balaban J connectivity index is 2.35. The monoisotopic (exact) mass is 274 g/mol. The summed E-state index contributed by atoms with van der Waals surface area (Å²) < 4.78 is 10.7. The number of carbonyl (C=O) groups excluding carboxylic acids is 1. The number of nitrogens with zero attached hydrogens (tertiary/aromatic N) is 2. The molecule has 7 nitrogen and oxygen atoms in total. The van der Waals surface area contributed by atoms with Crippen molar-refractivity contribution in [3.63, 3.8) is 0 Å². The fourth-order valence-electron chi connectivity index (χ4n) is 1.59. The van der Waals surface area contributed by atoms with E-state index in [1.807, 2.05) is 0 Å². The van der Waals surface area contributed by atoms with Crippen molar-refractivity contribution in [2.75, 3.05) is 18.2 Å². The average Bonchev–Trinajstić information content (AvgIpc) is 2.41. The van der Waals surface area contributed by atoms with Gasteiger partial charge < -0.3 is 20.5 Å². The maximum atomic E-state index is 11.2. The average molecular weight is 274 g/mol. The number of hydrogen-bond acceptors (Lipinski definition) is 6. The summed E-state index contributed by atoms with van der Waals surface area (Å²) in [7, 11) is 1.45.